The van der Waals surface area contributed by atoms with Gasteiger partial charge in [0, 0.05) is 20.3 Å². The number of carbonyl (C=O) groups is 1. The second-order valence-electron chi connectivity index (χ2n) is 2.81. The first kappa shape index (κ1) is 13.4. The molecule has 0 rings (SSSR count). The molecule has 5 nitrogen and oxygen atoms in total. The maximum Gasteiger partial charge on any atom is 0.332 e. The molecule has 0 aromatic carbocycles. The Labute approximate surface area is 84.0 Å². The van der Waals surface area contributed by atoms with E-state index in [4.69, 9.17) is 19.3 Å². The number of ether oxygens (including phenoxy) is 3. The Kier molecular flexibility index (Phi) is 8.51. The van der Waals surface area contributed by atoms with Gasteiger partial charge in [-0.3, -0.25) is 0 Å². The summed E-state index contributed by atoms with van der Waals surface area (Å²) in [5.74, 6) is -0.940. The lowest BCUT2D eigenvalue weighted by Gasteiger charge is -2.08. The molecular weight excluding hydrogens is 188 g/mol. The highest BCUT2D eigenvalue weighted by molar-refractivity contribution is 5.71. The minimum atomic E-state index is -0.940. The van der Waals surface area contributed by atoms with E-state index in [0.29, 0.717) is 32.8 Å². The molecule has 0 aliphatic rings. The number of carboxylic acid groups (broad SMARTS) is 1. The van der Waals surface area contributed by atoms with Crippen molar-refractivity contribution in [3.63, 3.8) is 0 Å². The third-order valence-electron chi connectivity index (χ3n) is 1.58. The first-order chi connectivity index (χ1) is 6.68. The lowest BCUT2D eigenvalue weighted by atomic mass is 10.4. The molecule has 0 radical (unpaired) electrons. The van der Waals surface area contributed by atoms with Gasteiger partial charge in [0.15, 0.2) is 6.10 Å². The topological polar surface area (TPSA) is 65.0 Å². The molecule has 0 saturated heterocycles. The lowest BCUT2D eigenvalue weighted by molar-refractivity contribution is -0.149. The molecule has 0 aromatic heterocycles. The van der Waals surface area contributed by atoms with Gasteiger partial charge in [0.05, 0.1) is 13.2 Å². The lowest BCUT2D eigenvalue weighted by Crippen LogP contribution is -2.20. The number of carboxylic acids is 1. The summed E-state index contributed by atoms with van der Waals surface area (Å²) < 4.78 is 14.9. The van der Waals surface area contributed by atoms with Crippen molar-refractivity contribution in [2.24, 2.45) is 0 Å². The van der Waals surface area contributed by atoms with E-state index in [-0.39, 0.29) is 0 Å². The van der Waals surface area contributed by atoms with E-state index < -0.39 is 12.1 Å². The molecule has 0 aromatic rings. The molecule has 0 spiro atoms. The zero-order valence-corrected chi connectivity index (χ0v) is 8.69. The highest BCUT2D eigenvalue weighted by atomic mass is 16.5. The first-order valence-electron chi connectivity index (χ1n) is 4.59. The van der Waals surface area contributed by atoms with Crippen molar-refractivity contribution in [3.05, 3.63) is 0 Å². The van der Waals surface area contributed by atoms with Crippen LogP contribution in [0.5, 0.6) is 0 Å². The van der Waals surface area contributed by atoms with E-state index in [9.17, 15) is 4.79 Å². The van der Waals surface area contributed by atoms with Gasteiger partial charge in [0.1, 0.15) is 0 Å². The standard InChI is InChI=1S/C9H18O5/c1-8(9(10)11)14-5-3-4-13-7-6-12-2/h8H,3-7H2,1-2H3,(H,10,11)/t8-/m0/s1. The highest BCUT2D eigenvalue weighted by Gasteiger charge is 2.09. The van der Waals surface area contributed by atoms with Crippen molar-refractivity contribution in [1.82, 2.24) is 0 Å². The summed E-state index contributed by atoms with van der Waals surface area (Å²) in [4.78, 5) is 10.3. The van der Waals surface area contributed by atoms with Gasteiger partial charge in [-0.15, -0.1) is 0 Å². The molecule has 0 bridgehead atoms. The molecular formula is C9H18O5. The number of hydrogen-bond acceptors (Lipinski definition) is 4. The molecule has 0 heterocycles. The average Bonchev–Trinajstić information content (AvgIpc) is 2.16. The number of hydrogen-bond donors (Lipinski definition) is 1. The fraction of sp³-hybridized carbons (Fsp3) is 0.889. The predicted molar refractivity (Wildman–Crippen MR) is 50.4 cm³/mol. The van der Waals surface area contributed by atoms with Crippen molar-refractivity contribution in [2.45, 2.75) is 19.4 Å². The third kappa shape index (κ3) is 7.97. The van der Waals surface area contributed by atoms with Gasteiger partial charge in [-0.2, -0.15) is 0 Å². The Morgan fingerprint density at radius 3 is 2.57 bits per heavy atom. The van der Waals surface area contributed by atoms with Gasteiger partial charge in [-0.05, 0) is 13.3 Å². The largest absolute Gasteiger partial charge is 0.479 e. The van der Waals surface area contributed by atoms with Crippen LogP contribution < -0.4 is 0 Å². The Hall–Kier alpha value is -0.650. The van der Waals surface area contributed by atoms with Crippen LogP contribution in [-0.4, -0.2) is 50.7 Å². The van der Waals surface area contributed by atoms with E-state index in [1.54, 1.807) is 7.11 Å². The fourth-order valence-corrected chi connectivity index (χ4v) is 0.737. The van der Waals surface area contributed by atoms with Crippen LogP contribution in [0, 0.1) is 0 Å². The zero-order chi connectivity index (χ0) is 10.8. The Balaban J connectivity index is 3.09. The van der Waals surface area contributed by atoms with Crippen LogP contribution in [0.25, 0.3) is 0 Å². The summed E-state index contributed by atoms with van der Waals surface area (Å²) in [6.07, 6.45) is -0.0459. The molecule has 0 fully saturated rings. The maximum atomic E-state index is 10.3. The summed E-state index contributed by atoms with van der Waals surface area (Å²) in [6, 6.07) is 0. The zero-order valence-electron chi connectivity index (χ0n) is 8.69. The molecule has 14 heavy (non-hydrogen) atoms. The van der Waals surface area contributed by atoms with Crippen molar-refractivity contribution in [3.8, 4) is 0 Å². The normalized spacial score (nSPS) is 12.7. The van der Waals surface area contributed by atoms with E-state index in [1.165, 1.54) is 6.92 Å². The molecule has 1 atom stereocenters. The second kappa shape index (κ2) is 8.93. The summed E-state index contributed by atoms with van der Waals surface area (Å²) in [5.41, 5.74) is 0. The summed E-state index contributed by atoms with van der Waals surface area (Å²) in [5, 5.41) is 8.48. The monoisotopic (exact) mass is 206 g/mol. The Morgan fingerprint density at radius 2 is 2.00 bits per heavy atom. The predicted octanol–water partition coefficient (Wildman–Crippen LogP) is 0.529. The van der Waals surface area contributed by atoms with Crippen LogP contribution in [0.3, 0.4) is 0 Å². The summed E-state index contributed by atoms with van der Waals surface area (Å²) in [6.45, 7) is 3.61. The molecule has 84 valence electrons. The van der Waals surface area contributed by atoms with Gasteiger partial charge in [0.2, 0.25) is 0 Å². The van der Waals surface area contributed by atoms with Crippen molar-refractivity contribution < 1.29 is 24.1 Å². The van der Waals surface area contributed by atoms with Crippen LogP contribution in [0.2, 0.25) is 0 Å². The highest BCUT2D eigenvalue weighted by Crippen LogP contribution is 1.93. The summed E-state index contributed by atoms with van der Waals surface area (Å²) >= 11 is 0. The minimum Gasteiger partial charge on any atom is -0.479 e. The molecule has 0 unspecified atom stereocenters. The molecule has 1 N–H and O–H groups in total. The van der Waals surface area contributed by atoms with Gasteiger partial charge in [-0.25, -0.2) is 4.79 Å². The average molecular weight is 206 g/mol. The van der Waals surface area contributed by atoms with Crippen LogP contribution >= 0.6 is 0 Å². The minimum absolute atomic E-state index is 0.403. The van der Waals surface area contributed by atoms with E-state index in [1.807, 2.05) is 0 Å². The van der Waals surface area contributed by atoms with Crippen LogP contribution in [0.1, 0.15) is 13.3 Å². The van der Waals surface area contributed by atoms with Crippen molar-refractivity contribution >= 4 is 5.97 Å². The molecule has 0 saturated carbocycles. The molecule has 0 aliphatic carbocycles. The number of rotatable bonds is 9. The van der Waals surface area contributed by atoms with Gasteiger partial charge in [-0.1, -0.05) is 0 Å². The third-order valence-corrected chi connectivity index (χ3v) is 1.58. The fourth-order valence-electron chi connectivity index (χ4n) is 0.737. The van der Waals surface area contributed by atoms with E-state index in [0.717, 1.165) is 0 Å². The molecule has 0 amide bonds. The number of methoxy groups -OCH3 is 1. The van der Waals surface area contributed by atoms with Crippen molar-refractivity contribution in [1.29, 1.82) is 0 Å². The van der Waals surface area contributed by atoms with Crippen LogP contribution in [0.4, 0.5) is 0 Å². The van der Waals surface area contributed by atoms with Gasteiger partial charge in [0.25, 0.3) is 0 Å². The first-order valence-corrected chi connectivity index (χ1v) is 4.59. The quantitative estimate of drug-likeness (QED) is 0.557. The van der Waals surface area contributed by atoms with E-state index in [2.05, 4.69) is 0 Å². The molecule has 0 aliphatic heterocycles. The Morgan fingerprint density at radius 1 is 1.29 bits per heavy atom. The van der Waals surface area contributed by atoms with Crippen LogP contribution in [-0.2, 0) is 19.0 Å². The van der Waals surface area contributed by atoms with Gasteiger partial charge >= 0.3 is 5.97 Å². The second-order valence-corrected chi connectivity index (χ2v) is 2.81. The SMILES string of the molecule is COCCOCCCO[C@@H](C)C(=O)O. The van der Waals surface area contributed by atoms with E-state index >= 15 is 0 Å². The maximum absolute atomic E-state index is 10.3. The molecule has 5 heteroatoms. The number of aliphatic carboxylic acids is 1. The van der Waals surface area contributed by atoms with Gasteiger partial charge < -0.3 is 19.3 Å². The summed E-state index contributed by atoms with van der Waals surface area (Å²) in [7, 11) is 1.61. The smallest absolute Gasteiger partial charge is 0.332 e. The van der Waals surface area contributed by atoms with Crippen molar-refractivity contribution in [2.75, 3.05) is 33.5 Å². The Bertz CT molecular complexity index is 148. The van der Waals surface area contributed by atoms with Crippen LogP contribution in [0.15, 0.2) is 0 Å².